The van der Waals surface area contributed by atoms with Crippen LogP contribution in [0.3, 0.4) is 0 Å². The summed E-state index contributed by atoms with van der Waals surface area (Å²) in [6, 6.07) is 13.5. The number of benzene rings is 2. The molecule has 0 radical (unpaired) electrons. The maximum Gasteiger partial charge on any atom is 0.242 e. The van der Waals surface area contributed by atoms with Crippen molar-refractivity contribution in [3.8, 4) is 5.75 Å². The normalized spacial score (nSPS) is 15.5. The molecule has 1 saturated heterocycles. The third kappa shape index (κ3) is 4.25. The second-order valence-electron chi connectivity index (χ2n) is 7.66. The fourth-order valence-electron chi connectivity index (χ4n) is 3.90. The zero-order valence-electron chi connectivity index (χ0n) is 16.9. The first-order valence-electron chi connectivity index (χ1n) is 10.2. The fraction of sp³-hybridized carbons (Fsp3) is 0.391. The summed E-state index contributed by atoms with van der Waals surface area (Å²) >= 11 is 6.13. The average molecular weight is 412 g/mol. The molecule has 2 aromatic carbocycles. The Morgan fingerprint density at radius 2 is 1.93 bits per heavy atom. The zero-order valence-corrected chi connectivity index (χ0v) is 17.7. The van der Waals surface area contributed by atoms with Crippen LogP contribution < -0.4 is 4.74 Å². The van der Waals surface area contributed by atoms with Crippen molar-refractivity contribution in [3.05, 3.63) is 58.9 Å². The molecule has 29 heavy (non-hydrogen) atoms. The van der Waals surface area contributed by atoms with E-state index < -0.39 is 0 Å². The van der Waals surface area contributed by atoms with E-state index in [1.54, 1.807) is 0 Å². The van der Waals surface area contributed by atoms with E-state index in [4.69, 9.17) is 21.3 Å². The Kier molecular flexibility index (Phi) is 5.76. The lowest BCUT2D eigenvalue weighted by Gasteiger charge is -2.27. The lowest BCUT2D eigenvalue weighted by molar-refractivity contribution is -0.132. The van der Waals surface area contributed by atoms with Gasteiger partial charge in [0.2, 0.25) is 5.91 Å². The minimum absolute atomic E-state index is 0.142. The van der Waals surface area contributed by atoms with Crippen LogP contribution in [0.2, 0.25) is 5.02 Å². The summed E-state index contributed by atoms with van der Waals surface area (Å²) in [5.41, 5.74) is 2.79. The quantitative estimate of drug-likeness (QED) is 0.583. The second-order valence-corrected chi connectivity index (χ2v) is 8.06. The Hall–Kier alpha value is -2.53. The average Bonchev–Trinajstić information content (AvgIpc) is 3.10. The third-order valence-electron chi connectivity index (χ3n) is 5.49. The van der Waals surface area contributed by atoms with Gasteiger partial charge in [0.15, 0.2) is 11.9 Å². The maximum absolute atomic E-state index is 12.9. The van der Waals surface area contributed by atoms with Crippen LogP contribution in [0.25, 0.3) is 11.0 Å². The van der Waals surface area contributed by atoms with Crippen molar-refractivity contribution < 1.29 is 9.53 Å². The van der Waals surface area contributed by atoms with E-state index in [0.29, 0.717) is 5.02 Å². The van der Waals surface area contributed by atoms with Crippen LogP contribution in [0.4, 0.5) is 0 Å². The number of aryl methyl sites for hydroxylation is 1. The van der Waals surface area contributed by atoms with E-state index >= 15 is 0 Å². The van der Waals surface area contributed by atoms with Crippen molar-refractivity contribution in [1.82, 2.24) is 14.5 Å². The minimum Gasteiger partial charge on any atom is -0.483 e. The lowest BCUT2D eigenvalue weighted by atomic mass is 10.1. The van der Waals surface area contributed by atoms with Crippen molar-refractivity contribution in [2.24, 2.45) is 0 Å². The number of carbonyl (C=O) groups is 1. The van der Waals surface area contributed by atoms with Gasteiger partial charge < -0.3 is 14.2 Å². The molecule has 2 heterocycles. The van der Waals surface area contributed by atoms with Crippen LogP contribution in [-0.4, -0.2) is 33.4 Å². The van der Waals surface area contributed by atoms with E-state index in [0.717, 1.165) is 54.1 Å². The van der Waals surface area contributed by atoms with Gasteiger partial charge in [-0.05, 0) is 69.0 Å². The van der Waals surface area contributed by atoms with Gasteiger partial charge in [0, 0.05) is 18.1 Å². The monoisotopic (exact) mass is 411 g/mol. The van der Waals surface area contributed by atoms with Crippen LogP contribution in [-0.2, 0) is 11.3 Å². The molecule has 4 rings (SSSR count). The first-order chi connectivity index (χ1) is 14.0. The van der Waals surface area contributed by atoms with Gasteiger partial charge >= 0.3 is 0 Å². The molecule has 1 unspecified atom stereocenters. The Balaban J connectivity index is 1.63. The number of amides is 1. The number of fused-ring (bicyclic) bond motifs is 1. The van der Waals surface area contributed by atoms with Gasteiger partial charge in [-0.3, -0.25) is 4.79 Å². The highest BCUT2D eigenvalue weighted by Gasteiger charge is 2.23. The van der Waals surface area contributed by atoms with E-state index in [-0.39, 0.29) is 18.6 Å². The van der Waals surface area contributed by atoms with Crippen LogP contribution >= 0.6 is 11.6 Å². The molecule has 0 N–H and O–H groups in total. The molecular formula is C23H26ClN3O2. The number of carbonyl (C=O) groups excluding carboxylic acids is 1. The number of para-hydroxylation sites is 2. The molecule has 0 bridgehead atoms. The van der Waals surface area contributed by atoms with E-state index in [9.17, 15) is 4.79 Å². The Labute approximate surface area is 176 Å². The van der Waals surface area contributed by atoms with Crippen molar-refractivity contribution in [2.45, 2.75) is 45.8 Å². The van der Waals surface area contributed by atoms with Crippen molar-refractivity contribution in [3.63, 3.8) is 0 Å². The lowest BCUT2D eigenvalue weighted by Crippen LogP contribution is -2.38. The number of halogens is 1. The van der Waals surface area contributed by atoms with Gasteiger partial charge in [0.1, 0.15) is 12.3 Å². The summed E-state index contributed by atoms with van der Waals surface area (Å²) in [7, 11) is 0. The Morgan fingerprint density at radius 1 is 1.17 bits per heavy atom. The molecule has 6 heteroatoms. The number of imidazole rings is 1. The predicted molar refractivity (Wildman–Crippen MR) is 115 cm³/mol. The molecule has 5 nitrogen and oxygen atoms in total. The van der Waals surface area contributed by atoms with Crippen molar-refractivity contribution in [2.75, 3.05) is 13.1 Å². The first-order valence-corrected chi connectivity index (χ1v) is 10.6. The number of hydrogen-bond acceptors (Lipinski definition) is 3. The second kappa shape index (κ2) is 8.46. The molecule has 0 spiro atoms. The SMILES string of the molecule is Cc1cc(OC(C)c2nc3ccccc3n2CC(=O)N2CCCCC2)ccc1Cl. The maximum atomic E-state index is 12.9. The van der Waals surface area contributed by atoms with E-state index in [1.807, 2.05) is 65.8 Å². The number of piperidine rings is 1. The summed E-state index contributed by atoms with van der Waals surface area (Å²) in [4.78, 5) is 19.7. The topological polar surface area (TPSA) is 47.4 Å². The minimum atomic E-state index is -0.308. The zero-order chi connectivity index (χ0) is 20.4. The molecule has 0 saturated carbocycles. The van der Waals surface area contributed by atoms with Gasteiger partial charge in [-0.15, -0.1) is 0 Å². The Bertz CT molecular complexity index is 1020. The molecule has 1 aliphatic heterocycles. The van der Waals surface area contributed by atoms with Gasteiger partial charge in [-0.1, -0.05) is 23.7 Å². The summed E-state index contributed by atoms with van der Waals surface area (Å²) in [5, 5.41) is 0.712. The molecule has 1 aromatic heterocycles. The highest BCUT2D eigenvalue weighted by atomic mass is 35.5. The molecular weight excluding hydrogens is 386 g/mol. The number of likely N-dealkylation sites (tertiary alicyclic amines) is 1. The molecule has 1 aliphatic rings. The summed E-state index contributed by atoms with van der Waals surface area (Å²) in [6.45, 7) is 5.89. The fourth-order valence-corrected chi connectivity index (χ4v) is 4.01. The molecule has 152 valence electrons. The van der Waals surface area contributed by atoms with Gasteiger partial charge in [-0.25, -0.2) is 4.98 Å². The predicted octanol–water partition coefficient (Wildman–Crippen LogP) is 5.15. The van der Waals surface area contributed by atoms with Gasteiger partial charge in [0.25, 0.3) is 0 Å². The highest BCUT2D eigenvalue weighted by molar-refractivity contribution is 6.31. The number of nitrogens with zero attached hydrogens (tertiary/aromatic N) is 3. The summed E-state index contributed by atoms with van der Waals surface area (Å²) in [5.74, 6) is 1.63. The largest absolute Gasteiger partial charge is 0.483 e. The number of aromatic nitrogens is 2. The highest BCUT2D eigenvalue weighted by Crippen LogP contribution is 2.28. The van der Waals surface area contributed by atoms with Crippen LogP contribution in [0.15, 0.2) is 42.5 Å². The van der Waals surface area contributed by atoms with Crippen molar-refractivity contribution >= 4 is 28.5 Å². The number of rotatable bonds is 5. The van der Waals surface area contributed by atoms with Gasteiger partial charge in [0.05, 0.1) is 11.0 Å². The first kappa shape index (κ1) is 19.8. The van der Waals surface area contributed by atoms with Crippen LogP contribution in [0.1, 0.15) is 43.7 Å². The van der Waals surface area contributed by atoms with E-state index in [2.05, 4.69) is 0 Å². The number of hydrogen-bond donors (Lipinski definition) is 0. The molecule has 3 aromatic rings. The van der Waals surface area contributed by atoms with Crippen LogP contribution in [0.5, 0.6) is 5.75 Å². The molecule has 1 fully saturated rings. The molecule has 1 atom stereocenters. The Morgan fingerprint density at radius 3 is 2.69 bits per heavy atom. The standard InChI is InChI=1S/C23H26ClN3O2/c1-16-14-18(10-11-19(16)24)29-17(2)23-25-20-8-4-5-9-21(20)27(23)15-22(28)26-12-6-3-7-13-26/h4-5,8-11,14,17H,3,6-7,12-13,15H2,1-2H3. The van der Waals surface area contributed by atoms with Gasteiger partial charge in [-0.2, -0.15) is 0 Å². The van der Waals surface area contributed by atoms with Crippen molar-refractivity contribution in [1.29, 1.82) is 0 Å². The third-order valence-corrected chi connectivity index (χ3v) is 5.92. The van der Waals surface area contributed by atoms with Crippen LogP contribution in [0, 0.1) is 6.92 Å². The molecule has 1 amide bonds. The number of ether oxygens (including phenoxy) is 1. The molecule has 0 aliphatic carbocycles. The summed E-state index contributed by atoms with van der Waals surface area (Å²) < 4.78 is 8.17. The van der Waals surface area contributed by atoms with E-state index in [1.165, 1.54) is 6.42 Å². The smallest absolute Gasteiger partial charge is 0.242 e. The summed E-state index contributed by atoms with van der Waals surface area (Å²) in [6.07, 6.45) is 3.06.